The Balaban J connectivity index is 0.000000195. The Morgan fingerprint density at radius 1 is 0.351 bits per heavy atom. The molecule has 0 aromatic heterocycles. The monoisotopic (exact) mass is 492 g/mol. The fraction of sp³-hybridized carbons (Fsp3) is 0.0323. The van der Waals surface area contributed by atoms with Crippen LogP contribution in [0, 0.1) is 0 Å². The molecule has 0 aliphatic rings. The van der Waals surface area contributed by atoms with Gasteiger partial charge in [-0.15, -0.1) is 0 Å². The molecule has 0 aliphatic carbocycles. The second-order valence-electron chi connectivity index (χ2n) is 8.83. The number of hydrogen-bond donors (Lipinski definition) is 6. The van der Waals surface area contributed by atoms with Crippen molar-refractivity contribution in [2.75, 3.05) is 0 Å². The van der Waals surface area contributed by atoms with Crippen molar-refractivity contribution in [1.82, 2.24) is 0 Å². The smallest absolute Gasteiger partial charge is 0.119 e. The first kappa shape index (κ1) is 23.6. The Bertz CT molecular complexity index is 1630. The van der Waals surface area contributed by atoms with Gasteiger partial charge in [0.1, 0.15) is 34.5 Å². The van der Waals surface area contributed by atoms with Gasteiger partial charge in [0.15, 0.2) is 0 Å². The van der Waals surface area contributed by atoms with E-state index < -0.39 is 0 Å². The first-order chi connectivity index (χ1) is 17.8. The molecule has 0 amide bonds. The maximum Gasteiger partial charge on any atom is 0.119 e. The summed E-state index contributed by atoms with van der Waals surface area (Å²) in [4.78, 5) is 0. The predicted octanol–water partition coefficient (Wildman–Crippen LogP) is 6.66. The third kappa shape index (κ3) is 4.86. The molecular formula is C31H24O6. The Hall–Kier alpha value is -5.10. The molecule has 6 heteroatoms. The van der Waals surface area contributed by atoms with Crippen molar-refractivity contribution in [3.63, 3.8) is 0 Å². The van der Waals surface area contributed by atoms with Crippen molar-refractivity contribution >= 4 is 32.3 Å². The SMILES string of the molecule is Oc1ccc2cc(O)ccc2c1.Oc1ccc2ccc(O)c(Cc3c(O)ccc4ccc(O)cc34)c2c1. The minimum atomic E-state index is 0.0923. The van der Waals surface area contributed by atoms with Crippen molar-refractivity contribution in [2.24, 2.45) is 0 Å². The molecule has 184 valence electrons. The molecule has 6 nitrogen and oxygen atoms in total. The largest absolute Gasteiger partial charge is 0.508 e. The highest BCUT2D eigenvalue weighted by atomic mass is 16.3. The third-order valence-electron chi connectivity index (χ3n) is 6.34. The van der Waals surface area contributed by atoms with Gasteiger partial charge in [0.2, 0.25) is 0 Å². The molecule has 0 heterocycles. The number of phenolic OH excluding ortho intramolecular Hbond substituents is 6. The van der Waals surface area contributed by atoms with Crippen LogP contribution in [0.2, 0.25) is 0 Å². The molecule has 0 fully saturated rings. The summed E-state index contributed by atoms with van der Waals surface area (Å²) in [5.74, 6) is 0.893. The van der Waals surface area contributed by atoms with Crippen LogP contribution in [0.15, 0.2) is 97.1 Å². The molecule has 6 aromatic rings. The topological polar surface area (TPSA) is 121 Å². The lowest BCUT2D eigenvalue weighted by atomic mass is 9.93. The van der Waals surface area contributed by atoms with Gasteiger partial charge in [-0.2, -0.15) is 0 Å². The first-order valence-corrected chi connectivity index (χ1v) is 11.6. The highest BCUT2D eigenvalue weighted by molar-refractivity contribution is 5.92. The van der Waals surface area contributed by atoms with Gasteiger partial charge in [-0.25, -0.2) is 0 Å². The van der Waals surface area contributed by atoms with Gasteiger partial charge < -0.3 is 30.6 Å². The van der Waals surface area contributed by atoms with E-state index in [1.165, 1.54) is 0 Å². The third-order valence-corrected chi connectivity index (χ3v) is 6.34. The van der Waals surface area contributed by atoms with E-state index in [9.17, 15) is 20.4 Å². The van der Waals surface area contributed by atoms with Crippen LogP contribution in [-0.2, 0) is 6.42 Å². The molecule has 6 aromatic carbocycles. The maximum atomic E-state index is 10.4. The standard InChI is InChI=1S/C21H16O4.C10H8O2/c22-14-5-1-12-3-7-20(24)18(16(12)9-14)11-19-17-10-15(23)6-2-13(17)4-8-21(19)25;11-9-3-1-7-5-10(12)4-2-8(7)6-9/h1-10,22-25H,11H2;1-6,11-12H. The summed E-state index contributed by atoms with van der Waals surface area (Å²) in [5, 5.41) is 63.7. The van der Waals surface area contributed by atoms with Crippen LogP contribution in [0.1, 0.15) is 11.1 Å². The average molecular weight is 493 g/mol. The van der Waals surface area contributed by atoms with E-state index in [-0.39, 0.29) is 40.9 Å². The molecule has 0 atom stereocenters. The minimum absolute atomic E-state index is 0.0923. The molecule has 6 rings (SSSR count). The van der Waals surface area contributed by atoms with Gasteiger partial charge in [0.25, 0.3) is 0 Å². The second kappa shape index (κ2) is 9.51. The lowest BCUT2D eigenvalue weighted by Crippen LogP contribution is -1.94. The molecule has 6 N–H and O–H groups in total. The number of hydrogen-bond acceptors (Lipinski definition) is 6. The molecule has 0 aliphatic heterocycles. The molecular weight excluding hydrogens is 468 g/mol. The van der Waals surface area contributed by atoms with Crippen LogP contribution in [0.25, 0.3) is 32.3 Å². The van der Waals surface area contributed by atoms with E-state index >= 15 is 0 Å². The molecule has 0 saturated carbocycles. The summed E-state index contributed by atoms with van der Waals surface area (Å²) in [6.07, 6.45) is 0.263. The average Bonchev–Trinajstić information content (AvgIpc) is 2.87. The van der Waals surface area contributed by atoms with E-state index in [1.807, 2.05) is 0 Å². The van der Waals surface area contributed by atoms with Gasteiger partial charge in [-0.1, -0.05) is 36.4 Å². The van der Waals surface area contributed by atoms with Crippen LogP contribution in [-0.4, -0.2) is 30.6 Å². The van der Waals surface area contributed by atoms with E-state index in [0.717, 1.165) is 32.3 Å². The molecule has 0 bridgehead atoms. The molecule has 37 heavy (non-hydrogen) atoms. The van der Waals surface area contributed by atoms with Crippen molar-refractivity contribution in [2.45, 2.75) is 6.42 Å². The predicted molar refractivity (Wildman–Crippen MR) is 145 cm³/mol. The number of phenols is 6. The number of aromatic hydroxyl groups is 6. The zero-order chi connectivity index (χ0) is 26.1. The molecule has 0 unspecified atom stereocenters. The van der Waals surface area contributed by atoms with Crippen LogP contribution in [0.5, 0.6) is 34.5 Å². The summed E-state index contributed by atoms with van der Waals surface area (Å²) in [5.41, 5.74) is 1.22. The number of rotatable bonds is 2. The van der Waals surface area contributed by atoms with E-state index in [0.29, 0.717) is 11.1 Å². The molecule has 0 spiro atoms. The Kier molecular flexibility index (Phi) is 6.07. The van der Waals surface area contributed by atoms with Crippen LogP contribution in [0.3, 0.4) is 0 Å². The van der Waals surface area contributed by atoms with Gasteiger partial charge in [-0.05, 0) is 93.0 Å². The Labute approximate surface area is 212 Å². The fourth-order valence-electron chi connectivity index (χ4n) is 4.49. The Morgan fingerprint density at radius 2 is 0.676 bits per heavy atom. The zero-order valence-corrected chi connectivity index (χ0v) is 19.6. The number of benzene rings is 6. The lowest BCUT2D eigenvalue weighted by Gasteiger charge is -2.13. The highest BCUT2D eigenvalue weighted by Gasteiger charge is 2.14. The minimum Gasteiger partial charge on any atom is -0.508 e. The second-order valence-corrected chi connectivity index (χ2v) is 8.83. The quantitative estimate of drug-likeness (QED) is 0.161. The Morgan fingerprint density at radius 3 is 1.08 bits per heavy atom. The van der Waals surface area contributed by atoms with Crippen LogP contribution >= 0.6 is 0 Å². The first-order valence-electron chi connectivity index (χ1n) is 11.6. The summed E-state index contributed by atoms with van der Waals surface area (Å²) < 4.78 is 0. The van der Waals surface area contributed by atoms with Crippen molar-refractivity contribution < 1.29 is 30.6 Å². The van der Waals surface area contributed by atoms with Crippen molar-refractivity contribution in [3.05, 3.63) is 108 Å². The molecule has 0 saturated heterocycles. The lowest BCUT2D eigenvalue weighted by molar-refractivity contribution is 0.464. The normalized spacial score (nSPS) is 10.9. The highest BCUT2D eigenvalue weighted by Crippen LogP contribution is 2.37. The van der Waals surface area contributed by atoms with Crippen molar-refractivity contribution in [1.29, 1.82) is 0 Å². The van der Waals surface area contributed by atoms with Gasteiger partial charge in [-0.3, -0.25) is 0 Å². The summed E-state index contributed by atoms with van der Waals surface area (Å²) in [6.45, 7) is 0. The number of fused-ring (bicyclic) bond motifs is 3. The summed E-state index contributed by atoms with van der Waals surface area (Å²) in [7, 11) is 0. The van der Waals surface area contributed by atoms with Crippen LogP contribution < -0.4 is 0 Å². The van der Waals surface area contributed by atoms with Gasteiger partial charge in [0.05, 0.1) is 0 Å². The summed E-state index contributed by atoms with van der Waals surface area (Å²) in [6, 6.07) is 26.8. The van der Waals surface area contributed by atoms with E-state index in [2.05, 4.69) is 0 Å². The van der Waals surface area contributed by atoms with E-state index in [4.69, 9.17) is 10.2 Å². The van der Waals surface area contributed by atoms with E-state index in [1.54, 1.807) is 97.1 Å². The van der Waals surface area contributed by atoms with Gasteiger partial charge >= 0.3 is 0 Å². The van der Waals surface area contributed by atoms with Crippen LogP contribution in [0.4, 0.5) is 0 Å². The van der Waals surface area contributed by atoms with Gasteiger partial charge in [0, 0.05) is 17.5 Å². The zero-order valence-electron chi connectivity index (χ0n) is 19.6. The summed E-state index contributed by atoms with van der Waals surface area (Å²) >= 11 is 0. The maximum absolute atomic E-state index is 10.4. The van der Waals surface area contributed by atoms with Crippen molar-refractivity contribution in [3.8, 4) is 34.5 Å². The molecule has 0 radical (unpaired) electrons. The fourth-order valence-corrected chi connectivity index (χ4v) is 4.49.